The first-order chi connectivity index (χ1) is 28.5. The number of hydrogen-bond donors (Lipinski definition) is 0. The molecule has 2 aromatic carbocycles. The van der Waals surface area contributed by atoms with Crippen molar-refractivity contribution in [2.24, 2.45) is 0 Å². The number of carbonyl (C=O) groups is 1. The zero-order chi connectivity index (χ0) is 43.4. The highest BCUT2D eigenvalue weighted by atomic mass is 35.5. The van der Waals surface area contributed by atoms with Gasteiger partial charge in [0.25, 0.3) is 0 Å². The van der Waals surface area contributed by atoms with Crippen LogP contribution in [0.5, 0.6) is 0 Å². The quantitative estimate of drug-likeness (QED) is 0.104. The maximum absolute atomic E-state index is 15.5. The van der Waals surface area contributed by atoms with Crippen LogP contribution >= 0.6 is 46.4 Å². The summed E-state index contributed by atoms with van der Waals surface area (Å²) in [6.07, 6.45) is -6.87. The third-order valence-electron chi connectivity index (χ3n) is 11.3. The summed E-state index contributed by atoms with van der Waals surface area (Å²) in [6.45, 7) is 6.65. The van der Waals surface area contributed by atoms with Gasteiger partial charge in [0.2, 0.25) is 0 Å². The summed E-state index contributed by atoms with van der Waals surface area (Å²) >= 11 is 25.1. The van der Waals surface area contributed by atoms with Crippen LogP contribution in [0.15, 0.2) is 48.5 Å². The van der Waals surface area contributed by atoms with Gasteiger partial charge >= 0.3 is 12.4 Å². The van der Waals surface area contributed by atoms with Crippen LogP contribution in [0.1, 0.15) is 62.3 Å². The Morgan fingerprint density at radius 1 is 0.583 bits per heavy atom. The van der Waals surface area contributed by atoms with E-state index >= 15 is 4.79 Å². The van der Waals surface area contributed by atoms with E-state index in [1.807, 2.05) is 47.9 Å². The van der Waals surface area contributed by atoms with Crippen molar-refractivity contribution in [2.45, 2.75) is 89.9 Å². The zero-order valence-corrected chi connectivity index (χ0v) is 36.4. The number of carbonyl (C=O) groups excluding carboxylic acids is 1. The molecule has 2 atom stereocenters. The van der Waals surface area contributed by atoms with Gasteiger partial charge in [-0.2, -0.15) is 36.5 Å². The second kappa shape index (κ2) is 19.9. The number of rotatable bonds is 16. The smallest absolute Gasteiger partial charge is 0.369 e. The highest BCUT2D eigenvalue weighted by Gasteiger charge is 2.43. The molecule has 2 saturated heterocycles. The van der Waals surface area contributed by atoms with Crippen molar-refractivity contribution >= 4 is 63.6 Å². The molecule has 0 bridgehead atoms. The Balaban J connectivity index is 1.40. The summed E-state index contributed by atoms with van der Waals surface area (Å²) in [7, 11) is 0. The summed E-state index contributed by atoms with van der Waals surface area (Å²) in [4.78, 5) is 23.7. The van der Waals surface area contributed by atoms with Gasteiger partial charge in [0.15, 0.2) is 17.2 Å². The number of aromatic nitrogens is 4. The van der Waals surface area contributed by atoms with Gasteiger partial charge in [-0.15, -0.1) is 0 Å². The molecule has 0 N–H and O–H groups in total. The monoisotopic (exact) mass is 922 g/mol. The van der Waals surface area contributed by atoms with Gasteiger partial charge in [0.05, 0.1) is 46.6 Å². The minimum atomic E-state index is -4.84. The summed E-state index contributed by atoms with van der Waals surface area (Å²) in [5.74, 6) is -0.377. The molecule has 4 aromatic rings. The second-order valence-electron chi connectivity index (χ2n) is 15.2. The molecule has 0 radical (unpaired) electrons. The maximum Gasteiger partial charge on any atom is 0.436 e. The normalized spacial score (nSPS) is 17.1. The number of unbranched alkanes of at least 4 members (excludes halogenated alkanes) is 2. The number of Topliss-reactive ketones (excluding diaryl/α,β-unsaturated/α-hetero) is 1. The van der Waals surface area contributed by atoms with Gasteiger partial charge in [-0.05, 0) is 74.2 Å². The van der Waals surface area contributed by atoms with Crippen LogP contribution < -0.4 is 9.80 Å². The molecular weight excluding hydrogens is 876 g/mol. The minimum absolute atomic E-state index is 0.173. The number of halogens is 10. The van der Waals surface area contributed by atoms with E-state index in [0.717, 1.165) is 11.4 Å². The van der Waals surface area contributed by atoms with Gasteiger partial charge in [0.1, 0.15) is 0 Å². The number of alkyl halides is 6. The third-order valence-corrected chi connectivity index (χ3v) is 12.6. The van der Waals surface area contributed by atoms with Crippen molar-refractivity contribution in [1.82, 2.24) is 29.4 Å². The van der Waals surface area contributed by atoms with Gasteiger partial charge in [-0.1, -0.05) is 73.1 Å². The largest absolute Gasteiger partial charge is 0.436 e. The molecule has 9 nitrogen and oxygen atoms in total. The molecule has 2 aromatic heterocycles. The Bertz CT molecular complexity index is 1900. The molecule has 19 heteroatoms. The van der Waals surface area contributed by atoms with Crippen LogP contribution in [0.25, 0.3) is 0 Å². The molecule has 0 saturated carbocycles. The van der Waals surface area contributed by atoms with Crippen LogP contribution in [-0.2, 0) is 43.1 Å². The lowest BCUT2D eigenvalue weighted by atomic mass is 9.99. The molecule has 4 heterocycles. The van der Waals surface area contributed by atoms with Crippen molar-refractivity contribution in [1.29, 1.82) is 0 Å². The standard InChI is InChI=1S/C41H48Cl4F6N8O/c1-3-5-7-31-35(44)38(40(46,47)48)52-58(31)25-33(56-21-17-54(18-22-56)29-13-9-27(42)10-14-29)37(60)34(57-23-19-55(20-24-57)30-15-11-28(43)12-16-30)26-59-32(8-6-4-2)36(45)39(53-59)41(49,50)51/h9-16,33-34H,3-8,17-26H2,1-2H3. The number of benzene rings is 2. The molecule has 2 fully saturated rings. The topological polar surface area (TPSA) is 65.7 Å². The molecule has 0 amide bonds. The van der Waals surface area contributed by atoms with Crippen LogP contribution in [0.2, 0.25) is 20.1 Å². The molecular formula is C41H48Cl4F6N8O. The van der Waals surface area contributed by atoms with E-state index in [0.29, 0.717) is 88.1 Å². The van der Waals surface area contributed by atoms with E-state index in [4.69, 9.17) is 46.4 Å². The van der Waals surface area contributed by atoms with E-state index in [-0.39, 0.29) is 43.1 Å². The Morgan fingerprint density at radius 3 is 1.22 bits per heavy atom. The average Bonchev–Trinajstić information content (AvgIpc) is 3.72. The zero-order valence-electron chi connectivity index (χ0n) is 33.4. The fraction of sp³-hybridized carbons (Fsp3) is 0.537. The van der Waals surface area contributed by atoms with E-state index in [9.17, 15) is 26.3 Å². The van der Waals surface area contributed by atoms with Crippen LogP contribution in [-0.4, -0.2) is 99.6 Å². The molecule has 328 valence electrons. The fourth-order valence-corrected chi connectivity index (χ4v) is 8.91. The predicted molar refractivity (Wildman–Crippen MR) is 225 cm³/mol. The summed E-state index contributed by atoms with van der Waals surface area (Å²) in [5, 5.41) is 8.12. The minimum Gasteiger partial charge on any atom is -0.369 e. The first-order valence-corrected chi connectivity index (χ1v) is 21.7. The first kappa shape index (κ1) is 46.3. The van der Waals surface area contributed by atoms with E-state index in [1.54, 1.807) is 24.3 Å². The fourth-order valence-electron chi connectivity index (χ4n) is 7.99. The molecule has 0 spiro atoms. The van der Waals surface area contributed by atoms with Crippen molar-refractivity contribution in [3.63, 3.8) is 0 Å². The van der Waals surface area contributed by atoms with E-state index in [1.165, 1.54) is 9.36 Å². The van der Waals surface area contributed by atoms with Gasteiger partial charge in [-0.3, -0.25) is 24.0 Å². The molecule has 60 heavy (non-hydrogen) atoms. The maximum atomic E-state index is 15.5. The van der Waals surface area contributed by atoms with E-state index in [2.05, 4.69) is 20.0 Å². The van der Waals surface area contributed by atoms with Gasteiger partial charge < -0.3 is 9.80 Å². The van der Waals surface area contributed by atoms with Crippen LogP contribution in [0, 0.1) is 0 Å². The second-order valence-corrected chi connectivity index (χ2v) is 16.8. The summed E-state index contributed by atoms with van der Waals surface area (Å²) < 4.78 is 88.3. The molecule has 2 aliphatic heterocycles. The SMILES string of the molecule is CCCCc1c(Cl)c(C(F)(F)F)nn1CC(C(=O)C(Cn1nc(C(F)(F)F)c(Cl)c1CCCC)N1CCN(c2ccc(Cl)cc2)CC1)N1CCN(c2ccc(Cl)cc2)CC1. The first-order valence-electron chi connectivity index (χ1n) is 20.2. The van der Waals surface area contributed by atoms with Crippen molar-refractivity contribution in [3.05, 3.63) is 91.4 Å². The lowest BCUT2D eigenvalue weighted by molar-refractivity contribution is -0.142. The third kappa shape index (κ3) is 10.9. The number of nitrogens with zero attached hydrogens (tertiary/aromatic N) is 8. The average molecular weight is 925 g/mol. The predicted octanol–water partition coefficient (Wildman–Crippen LogP) is 10.1. The summed E-state index contributed by atoms with van der Waals surface area (Å²) in [5.41, 5.74) is -0.265. The van der Waals surface area contributed by atoms with E-state index < -0.39 is 45.9 Å². The van der Waals surface area contributed by atoms with Gasteiger partial charge in [-0.25, -0.2) is 0 Å². The molecule has 2 aliphatic rings. The highest BCUT2D eigenvalue weighted by molar-refractivity contribution is 6.32. The Labute approximate surface area is 366 Å². The van der Waals surface area contributed by atoms with Crippen LogP contribution in [0.3, 0.4) is 0 Å². The molecule has 2 unspecified atom stereocenters. The highest BCUT2D eigenvalue weighted by Crippen LogP contribution is 2.38. The lowest BCUT2D eigenvalue weighted by Crippen LogP contribution is -2.61. The molecule has 6 rings (SSSR count). The van der Waals surface area contributed by atoms with Crippen molar-refractivity contribution < 1.29 is 31.1 Å². The number of anilines is 2. The van der Waals surface area contributed by atoms with Crippen molar-refractivity contribution in [2.75, 3.05) is 62.2 Å². The number of hydrogen-bond acceptors (Lipinski definition) is 7. The van der Waals surface area contributed by atoms with Crippen molar-refractivity contribution in [3.8, 4) is 0 Å². The molecule has 0 aliphatic carbocycles. The lowest BCUT2D eigenvalue weighted by Gasteiger charge is -2.43. The number of piperazine rings is 2. The summed E-state index contributed by atoms with van der Waals surface area (Å²) in [6, 6.07) is 12.6. The van der Waals surface area contributed by atoms with Crippen LogP contribution in [0.4, 0.5) is 37.7 Å². The Kier molecular flexibility index (Phi) is 15.3. The Morgan fingerprint density at radius 2 is 0.917 bits per heavy atom. The van der Waals surface area contributed by atoms with Gasteiger partial charge in [0, 0.05) is 73.8 Å². The number of ketones is 1. The Hall–Kier alpha value is -3.21.